The van der Waals surface area contributed by atoms with Gasteiger partial charge in [-0.05, 0) is 57.8 Å². The molecule has 1 aromatic carbocycles. The van der Waals surface area contributed by atoms with Crippen molar-refractivity contribution in [3.05, 3.63) is 29.8 Å². The van der Waals surface area contributed by atoms with Crippen LogP contribution in [0.3, 0.4) is 0 Å². The molecule has 3 fully saturated rings. The Balaban J connectivity index is 1.37. The fraction of sp³-hybridized carbons (Fsp3) is 0.636. The number of carbonyl (C=O) groups excluding carboxylic acids is 2. The number of piperidine rings is 1. The number of carbonyl (C=O) groups is 2. The predicted octanol–water partition coefficient (Wildman–Crippen LogP) is 1.92. The van der Waals surface area contributed by atoms with E-state index in [0.29, 0.717) is 12.6 Å². The van der Waals surface area contributed by atoms with E-state index in [9.17, 15) is 9.59 Å². The van der Waals surface area contributed by atoms with Crippen LogP contribution in [0, 0.1) is 5.92 Å². The molecule has 150 valence electrons. The van der Waals surface area contributed by atoms with Gasteiger partial charge in [-0.2, -0.15) is 0 Å². The Hall–Kier alpha value is -1.92. The number of nitrogens with one attached hydrogen (secondary N) is 2. The summed E-state index contributed by atoms with van der Waals surface area (Å²) in [6, 6.07) is 8.24. The molecular weight excluding hydrogens is 352 g/mol. The van der Waals surface area contributed by atoms with Crippen LogP contribution in [-0.4, -0.2) is 60.4 Å². The normalized spacial score (nSPS) is 32.4. The van der Waals surface area contributed by atoms with Gasteiger partial charge in [0.1, 0.15) is 5.54 Å². The van der Waals surface area contributed by atoms with Crippen LogP contribution in [0.4, 0.5) is 5.69 Å². The van der Waals surface area contributed by atoms with E-state index in [1.807, 2.05) is 24.3 Å². The SMILES string of the molecule is O=C(NCCN1CCCCC1)[C@H]1C[C@H]2CCCN2[C@]12C(=O)Nc1ccccc12. The molecule has 28 heavy (non-hydrogen) atoms. The molecule has 3 saturated heterocycles. The Labute approximate surface area is 166 Å². The first-order chi connectivity index (χ1) is 13.7. The van der Waals surface area contributed by atoms with Crippen molar-refractivity contribution in [3.63, 3.8) is 0 Å². The fourth-order valence-corrected chi connectivity index (χ4v) is 6.02. The maximum absolute atomic E-state index is 13.3. The summed E-state index contributed by atoms with van der Waals surface area (Å²) in [5.41, 5.74) is 1.03. The van der Waals surface area contributed by atoms with Gasteiger partial charge in [0, 0.05) is 30.4 Å². The molecule has 4 aliphatic rings. The monoisotopic (exact) mass is 382 g/mol. The molecule has 6 nitrogen and oxygen atoms in total. The average molecular weight is 383 g/mol. The molecule has 0 unspecified atom stereocenters. The molecule has 2 N–H and O–H groups in total. The van der Waals surface area contributed by atoms with Gasteiger partial charge >= 0.3 is 0 Å². The minimum absolute atomic E-state index is 0.0192. The van der Waals surface area contributed by atoms with Crippen LogP contribution in [-0.2, 0) is 15.1 Å². The molecule has 3 atom stereocenters. The Morgan fingerprint density at radius 2 is 1.96 bits per heavy atom. The van der Waals surface area contributed by atoms with Crippen molar-refractivity contribution >= 4 is 17.5 Å². The van der Waals surface area contributed by atoms with Crippen molar-refractivity contribution in [2.75, 3.05) is 38.0 Å². The van der Waals surface area contributed by atoms with Gasteiger partial charge in [0.15, 0.2) is 0 Å². The summed E-state index contributed by atoms with van der Waals surface area (Å²) >= 11 is 0. The summed E-state index contributed by atoms with van der Waals surface area (Å²) in [6.45, 7) is 4.73. The highest BCUT2D eigenvalue weighted by Gasteiger charge is 2.65. The highest BCUT2D eigenvalue weighted by atomic mass is 16.2. The van der Waals surface area contributed by atoms with Crippen molar-refractivity contribution in [3.8, 4) is 0 Å². The Morgan fingerprint density at radius 1 is 1.14 bits per heavy atom. The molecular formula is C22H30N4O2. The van der Waals surface area contributed by atoms with Crippen molar-refractivity contribution in [1.29, 1.82) is 0 Å². The Kier molecular flexibility index (Phi) is 4.63. The minimum atomic E-state index is -0.826. The van der Waals surface area contributed by atoms with Crippen LogP contribution in [0.2, 0.25) is 0 Å². The summed E-state index contributed by atoms with van der Waals surface area (Å²) in [7, 11) is 0. The lowest BCUT2D eigenvalue weighted by Gasteiger charge is -2.36. The molecule has 2 amide bonds. The largest absolute Gasteiger partial charge is 0.354 e. The molecule has 0 aromatic heterocycles. The molecule has 1 aromatic rings. The van der Waals surface area contributed by atoms with Gasteiger partial charge in [0.05, 0.1) is 5.92 Å². The first kappa shape index (κ1) is 18.1. The van der Waals surface area contributed by atoms with Gasteiger partial charge in [0.2, 0.25) is 11.8 Å². The summed E-state index contributed by atoms with van der Waals surface area (Å²) < 4.78 is 0. The van der Waals surface area contributed by atoms with Crippen LogP contribution in [0.1, 0.15) is 44.1 Å². The quantitative estimate of drug-likeness (QED) is 0.835. The van der Waals surface area contributed by atoms with E-state index >= 15 is 0 Å². The van der Waals surface area contributed by atoms with E-state index in [0.717, 1.165) is 56.7 Å². The number of benzene rings is 1. The molecule has 0 bridgehead atoms. The molecule has 5 rings (SSSR count). The van der Waals surface area contributed by atoms with Gasteiger partial charge in [-0.25, -0.2) is 0 Å². The van der Waals surface area contributed by atoms with Crippen LogP contribution in [0.15, 0.2) is 24.3 Å². The Bertz CT molecular complexity index is 776. The lowest BCUT2D eigenvalue weighted by molar-refractivity contribution is -0.137. The second-order valence-electron chi connectivity index (χ2n) is 8.74. The first-order valence-corrected chi connectivity index (χ1v) is 10.9. The number of hydrogen-bond acceptors (Lipinski definition) is 4. The minimum Gasteiger partial charge on any atom is -0.354 e. The van der Waals surface area contributed by atoms with Gasteiger partial charge in [-0.15, -0.1) is 0 Å². The molecule has 0 saturated carbocycles. The van der Waals surface area contributed by atoms with Gasteiger partial charge < -0.3 is 15.5 Å². The lowest BCUT2D eigenvalue weighted by Crippen LogP contribution is -2.54. The number of likely N-dealkylation sites (tertiary alicyclic amines) is 1. The second-order valence-corrected chi connectivity index (χ2v) is 8.74. The van der Waals surface area contributed by atoms with E-state index < -0.39 is 5.54 Å². The van der Waals surface area contributed by atoms with Crippen LogP contribution in [0.5, 0.6) is 0 Å². The van der Waals surface area contributed by atoms with Crippen LogP contribution >= 0.6 is 0 Å². The first-order valence-electron chi connectivity index (χ1n) is 10.9. The van der Waals surface area contributed by atoms with E-state index in [4.69, 9.17) is 0 Å². The lowest BCUT2D eigenvalue weighted by atomic mass is 9.78. The summed E-state index contributed by atoms with van der Waals surface area (Å²) in [5.74, 6) is -0.296. The van der Waals surface area contributed by atoms with Crippen molar-refractivity contribution in [2.24, 2.45) is 5.92 Å². The van der Waals surface area contributed by atoms with Crippen molar-refractivity contribution in [2.45, 2.75) is 50.1 Å². The highest BCUT2D eigenvalue weighted by Crippen LogP contribution is 2.55. The topological polar surface area (TPSA) is 64.7 Å². The van der Waals surface area contributed by atoms with Crippen molar-refractivity contribution in [1.82, 2.24) is 15.1 Å². The van der Waals surface area contributed by atoms with E-state index in [1.54, 1.807) is 0 Å². The molecule has 0 aliphatic carbocycles. The second kappa shape index (κ2) is 7.16. The number of para-hydroxylation sites is 1. The predicted molar refractivity (Wildman–Crippen MR) is 108 cm³/mol. The molecule has 1 spiro atoms. The molecule has 6 heteroatoms. The summed E-state index contributed by atoms with van der Waals surface area (Å²) in [6.07, 6.45) is 6.79. The average Bonchev–Trinajstić information content (AvgIpc) is 3.37. The zero-order valence-corrected chi connectivity index (χ0v) is 16.5. The van der Waals surface area contributed by atoms with Crippen molar-refractivity contribution < 1.29 is 9.59 Å². The van der Waals surface area contributed by atoms with Crippen LogP contribution < -0.4 is 10.6 Å². The number of fused-ring (bicyclic) bond motifs is 4. The van der Waals surface area contributed by atoms with Gasteiger partial charge in [0.25, 0.3) is 0 Å². The molecule has 4 heterocycles. The van der Waals surface area contributed by atoms with Gasteiger partial charge in [-0.3, -0.25) is 14.5 Å². The van der Waals surface area contributed by atoms with E-state index in [2.05, 4.69) is 20.4 Å². The fourth-order valence-electron chi connectivity index (χ4n) is 6.02. The number of nitrogens with zero attached hydrogens (tertiary/aromatic N) is 2. The third kappa shape index (κ3) is 2.69. The van der Waals surface area contributed by atoms with E-state index in [1.165, 1.54) is 19.3 Å². The standard InChI is InChI=1S/C22H30N4O2/c27-20(23-10-14-25-11-4-1-5-12-25)18-15-16-7-6-13-26(16)22(18)17-8-2-3-9-19(17)24-21(22)28/h2-3,8-9,16,18H,1,4-7,10-15H2,(H,23,27)(H,24,28)/t16-,18-,22+/m1/s1. The zero-order chi connectivity index (χ0) is 19.1. The number of rotatable bonds is 4. The summed E-state index contributed by atoms with van der Waals surface area (Å²) in [4.78, 5) is 31.3. The number of anilines is 1. The Morgan fingerprint density at radius 3 is 2.82 bits per heavy atom. The van der Waals surface area contributed by atoms with E-state index in [-0.39, 0.29) is 17.7 Å². The third-order valence-corrected chi connectivity index (χ3v) is 7.27. The van der Waals surface area contributed by atoms with Crippen LogP contribution in [0.25, 0.3) is 0 Å². The zero-order valence-electron chi connectivity index (χ0n) is 16.5. The maximum Gasteiger partial charge on any atom is 0.250 e. The highest BCUT2D eigenvalue weighted by molar-refractivity contribution is 6.09. The third-order valence-electron chi connectivity index (χ3n) is 7.27. The van der Waals surface area contributed by atoms with Gasteiger partial charge in [-0.1, -0.05) is 24.6 Å². The number of hydrogen-bond donors (Lipinski definition) is 2. The maximum atomic E-state index is 13.3. The smallest absolute Gasteiger partial charge is 0.250 e. The molecule has 0 radical (unpaired) electrons. The molecule has 4 aliphatic heterocycles. The number of amides is 2. The summed E-state index contributed by atoms with van der Waals surface area (Å²) in [5, 5.41) is 6.24.